The van der Waals surface area contributed by atoms with Gasteiger partial charge in [0.1, 0.15) is 0 Å². The van der Waals surface area contributed by atoms with Gasteiger partial charge in [-0.2, -0.15) is 0 Å². The van der Waals surface area contributed by atoms with Crippen molar-refractivity contribution in [1.82, 2.24) is 0 Å². The number of rotatable bonds is 6. The van der Waals surface area contributed by atoms with Crippen LogP contribution in [0.5, 0.6) is 0 Å². The summed E-state index contributed by atoms with van der Waals surface area (Å²) >= 11 is 0. The maximum absolute atomic E-state index is 2.66. The largest absolute Gasteiger partial charge is 0.370 e. The Morgan fingerprint density at radius 2 is 1.58 bits per heavy atom. The van der Waals surface area contributed by atoms with Crippen LogP contribution >= 0.6 is 0 Å². The molecule has 2 aromatic rings. The van der Waals surface area contributed by atoms with Gasteiger partial charge in [0.25, 0.3) is 0 Å². The van der Waals surface area contributed by atoms with Crippen molar-refractivity contribution in [3.8, 4) is 0 Å². The Labute approximate surface area is 148 Å². The summed E-state index contributed by atoms with van der Waals surface area (Å²) in [4.78, 5) is 0. The van der Waals surface area contributed by atoms with E-state index in [0.717, 1.165) is 12.8 Å². The third kappa shape index (κ3) is 3.70. The molecular weight excluding hydrogens is 306 g/mol. The molecule has 0 aromatic heterocycles. The van der Waals surface area contributed by atoms with Gasteiger partial charge in [-0.25, -0.2) is 0 Å². The van der Waals surface area contributed by atoms with E-state index in [-0.39, 0.29) is 0 Å². The molecule has 1 atom stereocenters. The van der Waals surface area contributed by atoms with Crippen molar-refractivity contribution in [2.45, 2.75) is 33.2 Å². The molecule has 24 heavy (non-hydrogen) atoms. The van der Waals surface area contributed by atoms with Crippen molar-refractivity contribution in [2.24, 2.45) is 5.92 Å². The fraction of sp³-hybridized carbons (Fsp3) is 0.273. The number of anilines is 1. The zero-order chi connectivity index (χ0) is 16.9. The van der Waals surface area contributed by atoms with E-state index in [1.165, 1.54) is 22.1 Å². The topological polar surface area (TPSA) is 3.24 Å². The first-order valence-corrected chi connectivity index (χ1v) is 11.2. The molecule has 1 nitrogen and oxygen atoms in total. The average Bonchev–Trinajstić information content (AvgIpc) is 3.04. The highest BCUT2D eigenvalue weighted by Gasteiger charge is 2.25. The molecule has 0 saturated heterocycles. The first-order chi connectivity index (χ1) is 11.7. The molecule has 0 radical (unpaired) electrons. The molecule has 0 aliphatic heterocycles. The van der Waals surface area contributed by atoms with E-state index in [0.29, 0.717) is 5.92 Å². The maximum Gasteiger partial charge on any atom is 0.174 e. The van der Waals surface area contributed by atoms with Crippen molar-refractivity contribution >= 4 is 19.8 Å². The first-order valence-electron chi connectivity index (χ1n) is 8.94. The molecule has 1 aliphatic rings. The molecule has 0 bridgehead atoms. The van der Waals surface area contributed by atoms with E-state index >= 15 is 0 Å². The summed E-state index contributed by atoms with van der Waals surface area (Å²) in [5.41, 5.74) is 4.36. The predicted molar refractivity (Wildman–Crippen MR) is 108 cm³/mol. The second-order valence-corrected chi connectivity index (χ2v) is 9.50. The first kappa shape index (κ1) is 16.8. The van der Waals surface area contributed by atoms with Gasteiger partial charge in [-0.15, -0.1) is 0 Å². The van der Waals surface area contributed by atoms with Crippen LogP contribution in [0, 0.1) is 5.92 Å². The van der Waals surface area contributed by atoms with Gasteiger partial charge < -0.3 is 4.57 Å². The lowest BCUT2D eigenvalue weighted by Crippen LogP contribution is -2.45. The van der Waals surface area contributed by atoms with E-state index < -0.39 is 8.96 Å². The van der Waals surface area contributed by atoms with E-state index in [1.807, 2.05) is 0 Å². The summed E-state index contributed by atoms with van der Waals surface area (Å²) in [5.74, 6) is 0.684. The molecule has 1 aliphatic carbocycles. The lowest BCUT2D eigenvalue weighted by atomic mass is 10.0. The third-order valence-electron chi connectivity index (χ3n) is 4.62. The summed E-state index contributed by atoms with van der Waals surface area (Å²) in [6.07, 6.45) is 6.89. The normalized spacial score (nSPS) is 15.2. The molecule has 0 N–H and O–H groups in total. The molecule has 0 saturated carbocycles. The van der Waals surface area contributed by atoms with E-state index in [4.69, 9.17) is 0 Å². The van der Waals surface area contributed by atoms with Crippen LogP contribution in [0.25, 0.3) is 0 Å². The van der Waals surface area contributed by atoms with Crippen LogP contribution in [-0.2, 0) is 0 Å². The van der Waals surface area contributed by atoms with Gasteiger partial charge in [0.15, 0.2) is 8.96 Å². The fourth-order valence-corrected chi connectivity index (χ4v) is 5.94. The van der Waals surface area contributed by atoms with Gasteiger partial charge in [-0.3, -0.25) is 0 Å². The Morgan fingerprint density at radius 1 is 0.958 bits per heavy atom. The number of allylic oxidation sites excluding steroid dienone is 3. The molecule has 3 rings (SSSR count). The summed E-state index contributed by atoms with van der Waals surface area (Å²) in [7, 11) is -1.30. The smallest absolute Gasteiger partial charge is 0.174 e. The van der Waals surface area contributed by atoms with Crippen molar-refractivity contribution in [3.05, 3.63) is 84.1 Å². The van der Waals surface area contributed by atoms with Gasteiger partial charge in [0, 0.05) is 17.8 Å². The van der Waals surface area contributed by atoms with Gasteiger partial charge in [-0.1, -0.05) is 74.5 Å². The molecular formula is C22H27NSi. The molecule has 2 aromatic carbocycles. The zero-order valence-electron chi connectivity index (χ0n) is 14.9. The van der Waals surface area contributed by atoms with Gasteiger partial charge in [0.2, 0.25) is 0 Å². The maximum atomic E-state index is 2.66. The summed E-state index contributed by atoms with van der Waals surface area (Å²) < 4.78 is 2.66. The summed E-state index contributed by atoms with van der Waals surface area (Å²) in [6.45, 7) is 7.06. The second-order valence-electron chi connectivity index (χ2n) is 6.97. The monoisotopic (exact) mass is 333 g/mol. The Kier molecular flexibility index (Phi) is 5.36. The fourth-order valence-electron chi connectivity index (χ4n) is 3.50. The highest BCUT2D eigenvalue weighted by Crippen LogP contribution is 2.32. The Hall–Kier alpha value is -2.06. The number of benzene rings is 2. The molecule has 0 spiro atoms. The van der Waals surface area contributed by atoms with Crippen molar-refractivity contribution in [3.63, 3.8) is 0 Å². The SMILES string of the molecule is CC(C)CC1=C(N(c2ccccc2)[SiH](C)c2ccccc2)CC=C1. The number of para-hydroxylation sites is 1. The second kappa shape index (κ2) is 7.67. The molecule has 2 heteroatoms. The third-order valence-corrected chi connectivity index (χ3v) is 7.36. The van der Waals surface area contributed by atoms with Crippen LogP contribution in [0.1, 0.15) is 26.7 Å². The predicted octanol–water partition coefficient (Wildman–Crippen LogP) is 5.01. The minimum atomic E-state index is -1.30. The number of nitrogens with zero attached hydrogens (tertiary/aromatic N) is 1. The number of hydrogen-bond donors (Lipinski definition) is 0. The van der Waals surface area contributed by atoms with E-state index in [2.05, 4.69) is 97.8 Å². The molecule has 1 unspecified atom stereocenters. The van der Waals surface area contributed by atoms with Crippen LogP contribution in [0.3, 0.4) is 0 Å². The quantitative estimate of drug-likeness (QED) is 0.671. The molecule has 124 valence electrons. The van der Waals surface area contributed by atoms with Crippen molar-refractivity contribution < 1.29 is 0 Å². The van der Waals surface area contributed by atoms with Crippen molar-refractivity contribution in [1.29, 1.82) is 0 Å². The zero-order valence-corrected chi connectivity index (χ0v) is 16.1. The van der Waals surface area contributed by atoms with Crippen LogP contribution in [0.2, 0.25) is 6.55 Å². The molecule has 0 amide bonds. The summed E-state index contributed by atoms with van der Waals surface area (Å²) in [5, 5.41) is 1.49. The van der Waals surface area contributed by atoms with Crippen LogP contribution in [0.15, 0.2) is 84.1 Å². The minimum absolute atomic E-state index is 0.684. The standard InChI is InChI=1S/C22H27NSi/c1-18(2)17-19-11-10-16-22(19)23(20-12-6-4-7-13-20)24(3)21-14-8-5-9-15-21/h4-15,18,24H,16-17H2,1-3H3. The van der Waals surface area contributed by atoms with E-state index in [9.17, 15) is 0 Å². The highest BCUT2D eigenvalue weighted by atomic mass is 28.3. The van der Waals surface area contributed by atoms with Crippen LogP contribution < -0.4 is 9.75 Å². The lowest BCUT2D eigenvalue weighted by Gasteiger charge is -2.34. The van der Waals surface area contributed by atoms with Gasteiger partial charge in [-0.05, 0) is 41.8 Å². The van der Waals surface area contributed by atoms with Crippen LogP contribution in [0.4, 0.5) is 5.69 Å². The Morgan fingerprint density at radius 3 is 2.21 bits per heavy atom. The average molecular weight is 334 g/mol. The molecule has 0 heterocycles. The summed E-state index contributed by atoms with van der Waals surface area (Å²) in [6, 6.07) is 21.9. The lowest BCUT2D eigenvalue weighted by molar-refractivity contribution is 0.647. The van der Waals surface area contributed by atoms with Crippen LogP contribution in [-0.4, -0.2) is 8.96 Å². The van der Waals surface area contributed by atoms with Crippen molar-refractivity contribution in [2.75, 3.05) is 4.57 Å². The van der Waals surface area contributed by atoms with Gasteiger partial charge in [0.05, 0.1) is 0 Å². The highest BCUT2D eigenvalue weighted by molar-refractivity contribution is 6.76. The Balaban J connectivity index is 2.03. The minimum Gasteiger partial charge on any atom is -0.370 e. The molecule has 0 fully saturated rings. The van der Waals surface area contributed by atoms with E-state index in [1.54, 1.807) is 0 Å². The number of hydrogen-bond acceptors (Lipinski definition) is 1. The Bertz CT molecular complexity index is 716. The van der Waals surface area contributed by atoms with Gasteiger partial charge >= 0.3 is 0 Å².